The predicted octanol–water partition coefficient (Wildman–Crippen LogP) is 3.54. The maximum atomic E-state index is 13.4. The Balaban J connectivity index is 1.39. The Bertz CT molecular complexity index is 1090. The fraction of sp³-hybridized carbons (Fsp3) is 0.517. The number of carbonyl (C=O) groups excluding carboxylic acids is 2. The van der Waals surface area contributed by atoms with E-state index in [4.69, 9.17) is 14.2 Å². The second kappa shape index (κ2) is 11.9. The lowest BCUT2D eigenvalue weighted by Crippen LogP contribution is -2.45. The Hall–Kier alpha value is -3.26. The van der Waals surface area contributed by atoms with Gasteiger partial charge >= 0.3 is 0 Å². The van der Waals surface area contributed by atoms with Gasteiger partial charge in [0.15, 0.2) is 6.61 Å². The number of nitrogens with zero attached hydrogens (tertiary/aromatic N) is 1. The molecule has 0 aromatic heterocycles. The minimum absolute atomic E-state index is 0.147. The summed E-state index contributed by atoms with van der Waals surface area (Å²) in [5, 5.41) is 6.09. The summed E-state index contributed by atoms with van der Waals surface area (Å²) in [7, 11) is 0. The first-order valence-corrected chi connectivity index (χ1v) is 13.5. The van der Waals surface area contributed by atoms with Crippen LogP contribution in [0.1, 0.15) is 54.9 Å². The molecule has 2 atom stereocenters. The molecule has 2 aromatic carbocycles. The van der Waals surface area contributed by atoms with Crippen molar-refractivity contribution in [2.75, 3.05) is 32.8 Å². The van der Waals surface area contributed by atoms with E-state index in [0.29, 0.717) is 36.1 Å². The van der Waals surface area contributed by atoms with Gasteiger partial charge in [-0.25, -0.2) is 0 Å². The van der Waals surface area contributed by atoms with Crippen molar-refractivity contribution < 1.29 is 23.8 Å². The summed E-state index contributed by atoms with van der Waals surface area (Å²) < 4.78 is 18.1. The van der Waals surface area contributed by atoms with Gasteiger partial charge in [-0.3, -0.25) is 14.5 Å². The van der Waals surface area contributed by atoms with Crippen LogP contribution in [-0.4, -0.2) is 61.7 Å². The van der Waals surface area contributed by atoms with Crippen LogP contribution in [-0.2, 0) is 11.3 Å². The van der Waals surface area contributed by atoms with Gasteiger partial charge in [-0.15, -0.1) is 0 Å². The summed E-state index contributed by atoms with van der Waals surface area (Å²) in [5.41, 5.74) is 1.42. The Morgan fingerprint density at radius 1 is 1.03 bits per heavy atom. The molecule has 37 heavy (non-hydrogen) atoms. The fourth-order valence-corrected chi connectivity index (χ4v) is 4.76. The summed E-state index contributed by atoms with van der Waals surface area (Å²) in [5.74, 6) is 1.88. The summed E-state index contributed by atoms with van der Waals surface area (Å²) in [6.07, 6.45) is 5.66. The third kappa shape index (κ3) is 7.16. The monoisotopic (exact) mass is 507 g/mol. The van der Waals surface area contributed by atoms with Crippen LogP contribution in [0.5, 0.6) is 17.2 Å². The van der Waals surface area contributed by atoms with E-state index in [2.05, 4.69) is 22.5 Å². The van der Waals surface area contributed by atoms with Gasteiger partial charge in [-0.2, -0.15) is 0 Å². The molecule has 4 bridgehead atoms. The lowest BCUT2D eigenvalue weighted by atomic mass is 10.1. The molecule has 1 saturated carbocycles. The van der Waals surface area contributed by atoms with E-state index in [1.807, 2.05) is 24.3 Å². The number of ether oxygens (including phenoxy) is 3. The van der Waals surface area contributed by atoms with E-state index < -0.39 is 0 Å². The van der Waals surface area contributed by atoms with E-state index in [1.165, 1.54) is 25.7 Å². The van der Waals surface area contributed by atoms with Gasteiger partial charge in [0.05, 0.1) is 12.6 Å². The molecule has 2 fully saturated rings. The topological polar surface area (TPSA) is 89.1 Å². The lowest BCUT2D eigenvalue weighted by molar-refractivity contribution is -0.123. The van der Waals surface area contributed by atoms with Crippen LogP contribution in [0.3, 0.4) is 0 Å². The highest BCUT2D eigenvalue weighted by Gasteiger charge is 2.35. The lowest BCUT2D eigenvalue weighted by Gasteiger charge is -2.22. The van der Waals surface area contributed by atoms with E-state index in [1.54, 1.807) is 18.2 Å². The number of unbranched alkanes of at least 4 members (excludes halogenated alkanes) is 2. The van der Waals surface area contributed by atoms with Gasteiger partial charge in [0.2, 0.25) is 0 Å². The molecule has 0 unspecified atom stereocenters. The number of fused-ring (bicyclic) bond motifs is 7. The summed E-state index contributed by atoms with van der Waals surface area (Å²) in [6.45, 7) is 5.55. The molecular formula is C29H37N3O5. The normalized spacial score (nSPS) is 22.3. The number of nitrogens with one attached hydrogen (secondary N) is 2. The van der Waals surface area contributed by atoms with Gasteiger partial charge in [0.25, 0.3) is 11.8 Å². The Kier molecular flexibility index (Phi) is 8.14. The smallest absolute Gasteiger partial charge is 0.258 e. The largest absolute Gasteiger partial charge is 0.493 e. The summed E-state index contributed by atoms with van der Waals surface area (Å²) in [4.78, 5) is 28.2. The Morgan fingerprint density at radius 2 is 1.86 bits per heavy atom. The van der Waals surface area contributed by atoms with Crippen LogP contribution in [0.15, 0.2) is 42.5 Å². The third-order valence-electron chi connectivity index (χ3n) is 7.13. The van der Waals surface area contributed by atoms with Crippen molar-refractivity contribution in [2.24, 2.45) is 5.92 Å². The first-order chi connectivity index (χ1) is 18.1. The quantitative estimate of drug-likeness (QED) is 0.558. The molecule has 198 valence electrons. The Morgan fingerprint density at radius 3 is 2.65 bits per heavy atom. The minimum Gasteiger partial charge on any atom is -0.493 e. The zero-order chi connectivity index (χ0) is 25.6. The molecule has 2 aromatic rings. The molecule has 2 amide bonds. The number of likely N-dealkylation sites (tertiary alicyclic amines) is 1. The second-order valence-corrected chi connectivity index (χ2v) is 10.4. The molecule has 4 aliphatic rings. The molecule has 1 saturated heterocycles. The van der Waals surface area contributed by atoms with Crippen LogP contribution in [0.4, 0.5) is 0 Å². The predicted molar refractivity (Wildman–Crippen MR) is 140 cm³/mol. The standard InChI is InChI=1S/C29H37N3O5/c1-2-3-4-11-32-16-26-27(17-32)37-23-9-7-20(8-10-23)15-30-28(33)19-36-25-13-22(29(34)31-26)12-24(14-25)35-18-21-5-6-21/h7-10,12-14,21,26-27H,2-6,11,15-19H2,1H3,(H,30,33)(H,31,34)/t26-,27-/m0/s1. The number of amides is 2. The van der Waals surface area contributed by atoms with Crippen LogP contribution >= 0.6 is 0 Å². The number of carbonyl (C=O) groups is 2. The molecule has 0 spiro atoms. The van der Waals surface area contributed by atoms with Crippen LogP contribution in [0, 0.1) is 5.92 Å². The van der Waals surface area contributed by atoms with Crippen molar-refractivity contribution in [3.05, 3.63) is 53.6 Å². The average Bonchev–Trinajstić information content (AvgIpc) is 3.66. The van der Waals surface area contributed by atoms with Crippen molar-refractivity contribution in [3.63, 3.8) is 0 Å². The van der Waals surface area contributed by atoms with Crippen molar-refractivity contribution in [2.45, 2.75) is 57.7 Å². The van der Waals surface area contributed by atoms with Crippen molar-refractivity contribution in [1.82, 2.24) is 15.5 Å². The highest BCUT2D eigenvalue weighted by molar-refractivity contribution is 5.95. The van der Waals surface area contributed by atoms with E-state index >= 15 is 0 Å². The highest BCUT2D eigenvalue weighted by atomic mass is 16.5. The molecule has 1 aliphatic carbocycles. The van der Waals surface area contributed by atoms with Gasteiger partial charge in [-0.1, -0.05) is 31.9 Å². The van der Waals surface area contributed by atoms with Crippen LogP contribution in [0.25, 0.3) is 0 Å². The summed E-state index contributed by atoms with van der Waals surface area (Å²) in [6, 6.07) is 12.7. The maximum absolute atomic E-state index is 13.4. The SMILES string of the molecule is CCCCCN1C[C@@H]2NC(=O)c3cc(cc(OCC4CC4)c3)OCC(=O)NCc3ccc(cc3)O[C@H]2C1. The second-order valence-electron chi connectivity index (χ2n) is 10.4. The molecule has 0 radical (unpaired) electrons. The van der Waals surface area contributed by atoms with Gasteiger partial charge in [0, 0.05) is 31.3 Å². The third-order valence-corrected chi connectivity index (χ3v) is 7.13. The van der Waals surface area contributed by atoms with Crippen molar-refractivity contribution in [1.29, 1.82) is 0 Å². The maximum Gasteiger partial charge on any atom is 0.258 e. The van der Waals surface area contributed by atoms with Crippen LogP contribution in [0.2, 0.25) is 0 Å². The molecule has 8 heteroatoms. The Labute approximate surface area is 218 Å². The summed E-state index contributed by atoms with van der Waals surface area (Å²) >= 11 is 0. The molecular weight excluding hydrogens is 470 g/mol. The molecule has 3 heterocycles. The number of hydrogen-bond acceptors (Lipinski definition) is 6. The number of benzene rings is 2. The highest BCUT2D eigenvalue weighted by Crippen LogP contribution is 2.31. The minimum atomic E-state index is -0.238. The number of rotatable bonds is 7. The van der Waals surface area contributed by atoms with Gasteiger partial charge in [0.1, 0.15) is 23.4 Å². The van der Waals surface area contributed by atoms with Gasteiger partial charge < -0.3 is 24.8 Å². The first-order valence-electron chi connectivity index (χ1n) is 13.5. The molecule has 3 aliphatic heterocycles. The number of hydrogen-bond donors (Lipinski definition) is 2. The van der Waals surface area contributed by atoms with Crippen molar-refractivity contribution >= 4 is 11.8 Å². The van der Waals surface area contributed by atoms with Gasteiger partial charge in [-0.05, 0) is 61.6 Å². The van der Waals surface area contributed by atoms with E-state index in [0.717, 1.165) is 37.4 Å². The molecule has 2 N–H and O–H groups in total. The molecule has 6 rings (SSSR count). The average molecular weight is 508 g/mol. The van der Waals surface area contributed by atoms with E-state index in [9.17, 15) is 9.59 Å². The zero-order valence-corrected chi connectivity index (χ0v) is 21.5. The fourth-order valence-electron chi connectivity index (χ4n) is 4.76. The van der Waals surface area contributed by atoms with E-state index in [-0.39, 0.29) is 30.6 Å². The zero-order valence-electron chi connectivity index (χ0n) is 21.5. The van der Waals surface area contributed by atoms with Crippen LogP contribution < -0.4 is 24.8 Å². The van der Waals surface area contributed by atoms with Crippen molar-refractivity contribution in [3.8, 4) is 17.2 Å². The molecule has 8 nitrogen and oxygen atoms in total. The first kappa shape index (κ1) is 25.4.